The predicted octanol–water partition coefficient (Wildman–Crippen LogP) is 3.04. The van der Waals surface area contributed by atoms with Crippen LogP contribution in [0.25, 0.3) is 0 Å². The van der Waals surface area contributed by atoms with Gasteiger partial charge in [0.25, 0.3) is 0 Å². The summed E-state index contributed by atoms with van der Waals surface area (Å²) in [6.45, 7) is 2.67. The third kappa shape index (κ3) is 2.47. The van der Waals surface area contributed by atoms with Gasteiger partial charge in [-0.15, -0.1) is 0 Å². The van der Waals surface area contributed by atoms with Crippen LogP contribution in [-0.2, 0) is 0 Å². The van der Waals surface area contributed by atoms with E-state index in [0.717, 1.165) is 12.1 Å². The highest BCUT2D eigenvalue weighted by Crippen LogP contribution is 2.35. The van der Waals surface area contributed by atoms with Crippen molar-refractivity contribution >= 4 is 0 Å². The average molecular weight is 222 g/mol. The number of hydrogen-bond acceptors (Lipinski definition) is 1. The second kappa shape index (κ2) is 3.81. The van der Waals surface area contributed by atoms with Gasteiger partial charge in [-0.3, -0.25) is 0 Å². The lowest BCUT2D eigenvalue weighted by molar-refractivity contribution is -0.207. The Morgan fingerprint density at radius 1 is 1.13 bits per heavy atom. The molecule has 84 valence electrons. The number of aliphatic hydroxyl groups excluding tert-OH is 1. The number of benzene rings is 1. The first kappa shape index (κ1) is 12.0. The molecule has 0 aliphatic heterocycles. The monoisotopic (exact) mass is 222 g/mol. The Hall–Kier alpha value is -1.10. The second-order valence-electron chi connectivity index (χ2n) is 3.40. The van der Waals surface area contributed by atoms with Gasteiger partial charge in [-0.25, -0.2) is 4.39 Å². The summed E-state index contributed by atoms with van der Waals surface area (Å²) in [5.41, 5.74) is -0.0847. The molecule has 15 heavy (non-hydrogen) atoms. The summed E-state index contributed by atoms with van der Waals surface area (Å²) in [6, 6.07) is 1.94. The second-order valence-corrected chi connectivity index (χ2v) is 3.40. The number of aliphatic hydroxyl groups is 1. The molecule has 0 fully saturated rings. The minimum Gasteiger partial charge on any atom is -0.379 e. The number of rotatable bonds is 1. The summed E-state index contributed by atoms with van der Waals surface area (Å²) in [5.74, 6) is -0.608. The van der Waals surface area contributed by atoms with E-state index in [-0.39, 0.29) is 16.7 Å². The first-order valence-electron chi connectivity index (χ1n) is 4.25. The molecule has 1 unspecified atom stereocenters. The quantitative estimate of drug-likeness (QED) is 0.724. The fourth-order valence-electron chi connectivity index (χ4n) is 1.52. The van der Waals surface area contributed by atoms with E-state index < -0.39 is 18.1 Å². The molecule has 0 saturated carbocycles. The molecule has 0 spiro atoms. The van der Waals surface area contributed by atoms with Crippen LogP contribution < -0.4 is 0 Å². The molecule has 1 aromatic rings. The summed E-state index contributed by atoms with van der Waals surface area (Å²) in [5, 5.41) is 9.06. The maximum atomic E-state index is 12.8. The van der Waals surface area contributed by atoms with E-state index in [1.807, 2.05) is 0 Å². The first-order valence-corrected chi connectivity index (χ1v) is 4.25. The summed E-state index contributed by atoms with van der Waals surface area (Å²) in [4.78, 5) is 0. The van der Waals surface area contributed by atoms with Gasteiger partial charge in [0, 0.05) is 0 Å². The Morgan fingerprint density at radius 3 is 1.87 bits per heavy atom. The smallest absolute Gasteiger partial charge is 0.379 e. The number of hydrogen-bond donors (Lipinski definition) is 1. The minimum atomic E-state index is -4.73. The molecule has 1 rings (SSSR count). The third-order valence-corrected chi connectivity index (χ3v) is 2.14. The van der Waals surface area contributed by atoms with Crippen molar-refractivity contribution in [2.24, 2.45) is 0 Å². The summed E-state index contributed by atoms with van der Waals surface area (Å²) in [7, 11) is 0. The van der Waals surface area contributed by atoms with Gasteiger partial charge in [0.2, 0.25) is 0 Å². The van der Waals surface area contributed by atoms with Crippen molar-refractivity contribution in [3.8, 4) is 0 Å². The molecule has 0 amide bonds. The van der Waals surface area contributed by atoms with E-state index in [1.54, 1.807) is 0 Å². The van der Waals surface area contributed by atoms with Gasteiger partial charge in [0.05, 0.1) is 0 Å². The molecule has 0 saturated heterocycles. The van der Waals surface area contributed by atoms with E-state index >= 15 is 0 Å². The lowest BCUT2D eigenvalue weighted by atomic mass is 9.97. The predicted molar refractivity (Wildman–Crippen MR) is 46.9 cm³/mol. The van der Waals surface area contributed by atoms with Gasteiger partial charge in [-0.05, 0) is 42.7 Å². The minimum absolute atomic E-state index is 0.0947. The van der Waals surface area contributed by atoms with E-state index in [9.17, 15) is 17.6 Å². The van der Waals surface area contributed by atoms with Crippen LogP contribution in [0.15, 0.2) is 12.1 Å². The van der Waals surface area contributed by atoms with Crippen LogP contribution >= 0.6 is 0 Å². The fourth-order valence-corrected chi connectivity index (χ4v) is 1.52. The SMILES string of the molecule is Cc1cc(F)cc(C)c1C(O)C(F)(F)F. The Labute approximate surface area is 84.3 Å². The molecule has 1 nitrogen and oxygen atoms in total. The summed E-state index contributed by atoms with van der Waals surface area (Å²) in [6.07, 6.45) is -7.29. The summed E-state index contributed by atoms with van der Waals surface area (Å²) < 4.78 is 49.6. The molecule has 1 atom stereocenters. The molecule has 1 N–H and O–H groups in total. The van der Waals surface area contributed by atoms with Crippen molar-refractivity contribution in [3.05, 3.63) is 34.6 Å². The van der Waals surface area contributed by atoms with Gasteiger partial charge in [-0.2, -0.15) is 13.2 Å². The lowest BCUT2D eigenvalue weighted by Gasteiger charge is -2.19. The molecule has 0 aromatic heterocycles. The van der Waals surface area contributed by atoms with Crippen LogP contribution in [0, 0.1) is 19.7 Å². The Morgan fingerprint density at radius 2 is 1.53 bits per heavy atom. The molecule has 1 aromatic carbocycles. The van der Waals surface area contributed by atoms with Crippen molar-refractivity contribution in [2.45, 2.75) is 26.1 Å². The topological polar surface area (TPSA) is 20.2 Å². The van der Waals surface area contributed by atoms with Crippen LogP contribution in [0.4, 0.5) is 17.6 Å². The highest BCUT2D eigenvalue weighted by atomic mass is 19.4. The normalized spacial score (nSPS) is 14.1. The maximum absolute atomic E-state index is 12.8. The van der Waals surface area contributed by atoms with Gasteiger partial charge in [0.1, 0.15) is 5.82 Å². The van der Waals surface area contributed by atoms with E-state index in [1.165, 1.54) is 13.8 Å². The standard InChI is InChI=1S/C10H10F4O/c1-5-3-7(11)4-6(2)8(5)9(15)10(12,13)14/h3-4,9,15H,1-2H3. The van der Waals surface area contributed by atoms with Gasteiger partial charge >= 0.3 is 6.18 Å². The van der Waals surface area contributed by atoms with Gasteiger partial charge in [0.15, 0.2) is 6.10 Å². The van der Waals surface area contributed by atoms with Crippen molar-refractivity contribution in [1.29, 1.82) is 0 Å². The van der Waals surface area contributed by atoms with Crippen LogP contribution in [-0.4, -0.2) is 11.3 Å². The van der Waals surface area contributed by atoms with E-state index in [2.05, 4.69) is 0 Å². The van der Waals surface area contributed by atoms with Crippen LogP contribution in [0.3, 0.4) is 0 Å². The third-order valence-electron chi connectivity index (χ3n) is 2.14. The molecule has 0 bridgehead atoms. The molecular formula is C10H10F4O. The van der Waals surface area contributed by atoms with E-state index in [0.29, 0.717) is 0 Å². The molecule has 0 heterocycles. The molecule has 0 aliphatic rings. The van der Waals surface area contributed by atoms with Crippen LogP contribution in [0.2, 0.25) is 0 Å². The van der Waals surface area contributed by atoms with E-state index in [4.69, 9.17) is 5.11 Å². The zero-order valence-corrected chi connectivity index (χ0v) is 8.19. The number of halogens is 4. The molecule has 0 radical (unpaired) electrons. The van der Waals surface area contributed by atoms with Crippen LogP contribution in [0.5, 0.6) is 0 Å². The summed E-state index contributed by atoms with van der Waals surface area (Å²) >= 11 is 0. The van der Waals surface area contributed by atoms with Crippen molar-refractivity contribution in [1.82, 2.24) is 0 Å². The van der Waals surface area contributed by atoms with Crippen molar-refractivity contribution in [2.75, 3.05) is 0 Å². The largest absolute Gasteiger partial charge is 0.418 e. The van der Waals surface area contributed by atoms with Crippen molar-refractivity contribution < 1.29 is 22.7 Å². The lowest BCUT2D eigenvalue weighted by Crippen LogP contribution is -2.22. The van der Waals surface area contributed by atoms with Gasteiger partial charge in [-0.1, -0.05) is 0 Å². The zero-order valence-electron chi connectivity index (χ0n) is 8.19. The molecule has 5 heteroatoms. The van der Waals surface area contributed by atoms with Gasteiger partial charge < -0.3 is 5.11 Å². The van der Waals surface area contributed by atoms with Crippen LogP contribution in [0.1, 0.15) is 22.8 Å². The first-order chi connectivity index (χ1) is 6.73. The maximum Gasteiger partial charge on any atom is 0.418 e. The fraction of sp³-hybridized carbons (Fsp3) is 0.400. The number of alkyl halides is 3. The highest BCUT2D eigenvalue weighted by Gasteiger charge is 2.40. The number of aryl methyl sites for hydroxylation is 2. The Bertz CT molecular complexity index is 347. The van der Waals surface area contributed by atoms with Crippen molar-refractivity contribution in [3.63, 3.8) is 0 Å². The highest BCUT2D eigenvalue weighted by molar-refractivity contribution is 5.36. The Kier molecular flexibility index (Phi) is 3.04. The molecule has 0 aliphatic carbocycles. The average Bonchev–Trinajstić information content (AvgIpc) is 1.99. The Balaban J connectivity index is 3.26. The zero-order chi connectivity index (χ0) is 11.8. The molecular weight excluding hydrogens is 212 g/mol.